The molecule has 0 bridgehead atoms. The zero-order chi connectivity index (χ0) is 12.7. The number of pyridine rings is 1. The minimum absolute atomic E-state index is 0.378. The molecule has 0 fully saturated rings. The topological polar surface area (TPSA) is 30.2 Å². The standard InChI is InChI=1S/C13H9F2N3/c1-8-3-2-6-18-13(8)16-12(17-18)9-4-5-10(14)11(15)7-9/h2-7H,1H3. The lowest BCUT2D eigenvalue weighted by Crippen LogP contribution is -1.88. The Kier molecular flexibility index (Phi) is 2.33. The maximum absolute atomic E-state index is 13.2. The fraction of sp³-hybridized carbons (Fsp3) is 0.0769. The van der Waals surface area contributed by atoms with Gasteiger partial charge < -0.3 is 0 Å². The van der Waals surface area contributed by atoms with Gasteiger partial charge in [0.25, 0.3) is 0 Å². The molecule has 3 nitrogen and oxygen atoms in total. The number of aromatic nitrogens is 3. The Hall–Kier alpha value is -2.30. The molecule has 2 heterocycles. The van der Waals surface area contributed by atoms with E-state index in [2.05, 4.69) is 10.1 Å². The predicted octanol–water partition coefficient (Wildman–Crippen LogP) is 2.98. The molecule has 0 saturated carbocycles. The van der Waals surface area contributed by atoms with Crippen LogP contribution >= 0.6 is 0 Å². The first-order valence-electron chi connectivity index (χ1n) is 5.42. The number of nitrogens with zero attached hydrogens (tertiary/aromatic N) is 3. The van der Waals surface area contributed by atoms with Gasteiger partial charge in [0, 0.05) is 11.8 Å². The van der Waals surface area contributed by atoms with E-state index in [9.17, 15) is 8.78 Å². The van der Waals surface area contributed by atoms with Gasteiger partial charge in [0.2, 0.25) is 0 Å². The zero-order valence-corrected chi connectivity index (χ0v) is 9.56. The molecular formula is C13H9F2N3. The molecule has 0 radical (unpaired) electrons. The number of hydrogen-bond acceptors (Lipinski definition) is 2. The maximum Gasteiger partial charge on any atom is 0.182 e. The van der Waals surface area contributed by atoms with Gasteiger partial charge in [-0.25, -0.2) is 18.3 Å². The molecule has 2 aromatic heterocycles. The number of hydrogen-bond donors (Lipinski definition) is 0. The number of aryl methyl sites for hydroxylation is 1. The summed E-state index contributed by atoms with van der Waals surface area (Å²) in [6, 6.07) is 7.40. The van der Waals surface area contributed by atoms with Crippen molar-refractivity contribution in [1.82, 2.24) is 14.6 Å². The van der Waals surface area contributed by atoms with Crippen molar-refractivity contribution in [2.45, 2.75) is 6.92 Å². The van der Waals surface area contributed by atoms with Crippen molar-refractivity contribution >= 4 is 5.65 Å². The summed E-state index contributed by atoms with van der Waals surface area (Å²) in [7, 11) is 0. The summed E-state index contributed by atoms with van der Waals surface area (Å²) >= 11 is 0. The molecule has 0 saturated heterocycles. The Bertz CT molecular complexity index is 734. The third-order valence-corrected chi connectivity index (χ3v) is 2.74. The van der Waals surface area contributed by atoms with E-state index < -0.39 is 11.6 Å². The molecule has 18 heavy (non-hydrogen) atoms. The van der Waals surface area contributed by atoms with Crippen LogP contribution in [0.3, 0.4) is 0 Å². The second-order valence-corrected chi connectivity index (χ2v) is 4.02. The molecule has 0 unspecified atom stereocenters. The monoisotopic (exact) mass is 245 g/mol. The smallest absolute Gasteiger partial charge is 0.182 e. The number of benzene rings is 1. The lowest BCUT2D eigenvalue weighted by molar-refractivity contribution is 0.509. The zero-order valence-electron chi connectivity index (χ0n) is 9.56. The van der Waals surface area contributed by atoms with Gasteiger partial charge in [-0.05, 0) is 36.8 Å². The Balaban J connectivity index is 2.19. The first-order chi connectivity index (χ1) is 8.65. The Morgan fingerprint density at radius 3 is 2.67 bits per heavy atom. The van der Waals surface area contributed by atoms with Crippen molar-refractivity contribution in [2.75, 3.05) is 0 Å². The summed E-state index contributed by atoms with van der Waals surface area (Å²) in [4.78, 5) is 4.32. The van der Waals surface area contributed by atoms with Gasteiger partial charge in [-0.2, -0.15) is 0 Å². The van der Waals surface area contributed by atoms with Crippen LogP contribution in [-0.4, -0.2) is 14.6 Å². The minimum atomic E-state index is -0.900. The summed E-state index contributed by atoms with van der Waals surface area (Å²) in [5, 5.41) is 4.23. The summed E-state index contributed by atoms with van der Waals surface area (Å²) < 4.78 is 27.6. The van der Waals surface area contributed by atoms with E-state index in [0.29, 0.717) is 17.0 Å². The fourth-order valence-corrected chi connectivity index (χ4v) is 1.80. The Morgan fingerprint density at radius 1 is 1.11 bits per heavy atom. The van der Waals surface area contributed by atoms with Crippen LogP contribution < -0.4 is 0 Å². The number of fused-ring (bicyclic) bond motifs is 1. The molecule has 1 aromatic carbocycles. The Morgan fingerprint density at radius 2 is 1.94 bits per heavy atom. The van der Waals surface area contributed by atoms with Gasteiger partial charge in [-0.1, -0.05) is 6.07 Å². The lowest BCUT2D eigenvalue weighted by Gasteiger charge is -1.95. The van der Waals surface area contributed by atoms with Gasteiger partial charge in [0.1, 0.15) is 0 Å². The van der Waals surface area contributed by atoms with Crippen LogP contribution in [0.5, 0.6) is 0 Å². The molecule has 3 rings (SSSR count). The lowest BCUT2D eigenvalue weighted by atomic mass is 10.2. The molecule has 0 atom stereocenters. The molecule has 0 aliphatic rings. The maximum atomic E-state index is 13.2. The molecule has 0 aliphatic heterocycles. The van der Waals surface area contributed by atoms with E-state index in [4.69, 9.17) is 0 Å². The highest BCUT2D eigenvalue weighted by atomic mass is 19.2. The molecule has 0 amide bonds. The quantitative estimate of drug-likeness (QED) is 0.659. The van der Waals surface area contributed by atoms with Crippen molar-refractivity contribution < 1.29 is 8.78 Å². The third kappa shape index (κ3) is 1.64. The van der Waals surface area contributed by atoms with Crippen LogP contribution in [0.1, 0.15) is 5.56 Å². The molecule has 5 heteroatoms. The van der Waals surface area contributed by atoms with E-state index in [0.717, 1.165) is 17.7 Å². The Labute approximate surface area is 102 Å². The van der Waals surface area contributed by atoms with E-state index in [1.54, 1.807) is 10.7 Å². The van der Waals surface area contributed by atoms with Crippen molar-refractivity contribution in [3.05, 3.63) is 53.7 Å². The molecule has 0 aliphatic carbocycles. The third-order valence-electron chi connectivity index (χ3n) is 2.74. The normalized spacial score (nSPS) is 11.1. The van der Waals surface area contributed by atoms with Crippen LogP contribution in [0, 0.1) is 18.6 Å². The van der Waals surface area contributed by atoms with Crippen LogP contribution in [0.15, 0.2) is 36.5 Å². The van der Waals surface area contributed by atoms with Crippen LogP contribution in [0.25, 0.3) is 17.0 Å². The highest BCUT2D eigenvalue weighted by Gasteiger charge is 2.10. The van der Waals surface area contributed by atoms with E-state index in [1.165, 1.54) is 6.07 Å². The first kappa shape index (κ1) is 10.8. The van der Waals surface area contributed by atoms with Crippen molar-refractivity contribution in [3.63, 3.8) is 0 Å². The molecule has 0 N–H and O–H groups in total. The van der Waals surface area contributed by atoms with E-state index >= 15 is 0 Å². The second-order valence-electron chi connectivity index (χ2n) is 4.02. The molecular weight excluding hydrogens is 236 g/mol. The van der Waals surface area contributed by atoms with E-state index in [1.807, 2.05) is 19.1 Å². The number of halogens is 2. The van der Waals surface area contributed by atoms with Gasteiger partial charge >= 0.3 is 0 Å². The van der Waals surface area contributed by atoms with Crippen molar-refractivity contribution in [3.8, 4) is 11.4 Å². The SMILES string of the molecule is Cc1cccn2nc(-c3ccc(F)c(F)c3)nc12. The van der Waals surface area contributed by atoms with Gasteiger partial charge in [-0.15, -0.1) is 5.10 Å². The van der Waals surface area contributed by atoms with Crippen LogP contribution in [0.4, 0.5) is 8.78 Å². The van der Waals surface area contributed by atoms with Crippen LogP contribution in [-0.2, 0) is 0 Å². The van der Waals surface area contributed by atoms with Crippen LogP contribution in [0.2, 0.25) is 0 Å². The second kappa shape index (κ2) is 3.87. The molecule has 3 aromatic rings. The van der Waals surface area contributed by atoms with Crippen molar-refractivity contribution in [2.24, 2.45) is 0 Å². The largest absolute Gasteiger partial charge is 0.220 e. The minimum Gasteiger partial charge on any atom is -0.220 e. The van der Waals surface area contributed by atoms with Gasteiger partial charge in [0.15, 0.2) is 23.1 Å². The summed E-state index contributed by atoms with van der Waals surface area (Å²) in [5.74, 6) is -1.40. The average Bonchev–Trinajstić information content (AvgIpc) is 2.78. The molecule has 0 spiro atoms. The predicted molar refractivity (Wildman–Crippen MR) is 63.1 cm³/mol. The fourth-order valence-electron chi connectivity index (χ4n) is 1.80. The van der Waals surface area contributed by atoms with Crippen molar-refractivity contribution in [1.29, 1.82) is 0 Å². The number of rotatable bonds is 1. The molecule has 90 valence electrons. The first-order valence-corrected chi connectivity index (χ1v) is 5.42. The van der Waals surface area contributed by atoms with Gasteiger partial charge in [-0.3, -0.25) is 0 Å². The summed E-state index contributed by atoms with van der Waals surface area (Å²) in [5.41, 5.74) is 2.13. The summed E-state index contributed by atoms with van der Waals surface area (Å²) in [6.45, 7) is 1.92. The van der Waals surface area contributed by atoms with E-state index in [-0.39, 0.29) is 0 Å². The summed E-state index contributed by atoms with van der Waals surface area (Å²) in [6.07, 6.45) is 1.76. The highest BCUT2D eigenvalue weighted by molar-refractivity contribution is 5.59. The highest BCUT2D eigenvalue weighted by Crippen LogP contribution is 2.19. The van der Waals surface area contributed by atoms with Gasteiger partial charge in [0.05, 0.1) is 0 Å². The average molecular weight is 245 g/mol.